The highest BCUT2D eigenvalue weighted by molar-refractivity contribution is 6.21. The molecule has 6 aromatic carbocycles. The average molecular weight is 494 g/mol. The van der Waals surface area contributed by atoms with Crippen molar-refractivity contribution in [2.75, 3.05) is 0 Å². The number of nitriles is 2. The van der Waals surface area contributed by atoms with Gasteiger partial charge in [0, 0.05) is 27.5 Å². The second kappa shape index (κ2) is 7.93. The minimum absolute atomic E-state index is 0.504. The summed E-state index contributed by atoms with van der Waals surface area (Å²) in [5, 5.41) is 24.9. The van der Waals surface area contributed by atoms with Crippen molar-refractivity contribution >= 4 is 32.6 Å². The van der Waals surface area contributed by atoms with E-state index in [1.807, 2.05) is 0 Å². The van der Waals surface area contributed by atoms with Crippen LogP contribution in [0.4, 0.5) is 0 Å². The smallest absolute Gasteiger partial charge is 0.0998 e. The molecule has 0 spiro atoms. The van der Waals surface area contributed by atoms with Crippen LogP contribution >= 0.6 is 0 Å². The third-order valence-corrected chi connectivity index (χ3v) is 8.02. The molecule has 7 aromatic rings. The summed E-state index contributed by atoms with van der Waals surface area (Å²) >= 11 is 0. The van der Waals surface area contributed by atoms with Crippen LogP contribution in [0.5, 0.6) is 0 Å². The molecule has 0 fully saturated rings. The summed E-state index contributed by atoms with van der Waals surface area (Å²) in [7, 11) is 0. The van der Waals surface area contributed by atoms with Gasteiger partial charge in [-0.15, -0.1) is 0 Å². The van der Waals surface area contributed by atoms with Crippen molar-refractivity contribution in [3.05, 3.63) is 126 Å². The zero-order valence-corrected chi connectivity index (χ0v) is 20.8. The molecule has 3 nitrogen and oxygen atoms in total. The van der Waals surface area contributed by atoms with Crippen molar-refractivity contribution in [3.63, 3.8) is 0 Å². The normalized spacial score (nSPS) is 11.5. The molecule has 0 amide bonds. The Kier molecular flexibility index (Phi) is 4.36. The monoisotopic (exact) mass is 493 g/mol. The van der Waals surface area contributed by atoms with Crippen molar-refractivity contribution < 1.29 is 0 Å². The Hall–Kier alpha value is -5.64. The Bertz CT molecular complexity index is 2160. The number of nitrogens with zero attached hydrogens (tertiary/aromatic N) is 3. The van der Waals surface area contributed by atoms with Crippen LogP contribution < -0.4 is 0 Å². The highest BCUT2D eigenvalue weighted by Crippen LogP contribution is 2.54. The lowest BCUT2D eigenvalue weighted by Crippen LogP contribution is -2.00. The van der Waals surface area contributed by atoms with Crippen LogP contribution in [-0.4, -0.2) is 4.57 Å². The third kappa shape index (κ3) is 2.79. The van der Waals surface area contributed by atoms with E-state index in [4.69, 9.17) is 0 Å². The van der Waals surface area contributed by atoms with Gasteiger partial charge in [-0.25, -0.2) is 0 Å². The summed E-state index contributed by atoms with van der Waals surface area (Å²) in [5.74, 6) is 0. The van der Waals surface area contributed by atoms with Crippen LogP contribution in [0.15, 0.2) is 115 Å². The number of hydrogen-bond acceptors (Lipinski definition) is 2. The molecule has 178 valence electrons. The van der Waals surface area contributed by atoms with Gasteiger partial charge < -0.3 is 4.57 Å². The van der Waals surface area contributed by atoms with Crippen LogP contribution in [-0.2, 0) is 0 Å². The Balaban J connectivity index is 1.59. The summed E-state index contributed by atoms with van der Waals surface area (Å²) in [6.45, 7) is 0. The Morgan fingerprint density at radius 3 is 1.64 bits per heavy atom. The second-order valence-corrected chi connectivity index (χ2v) is 9.91. The third-order valence-electron chi connectivity index (χ3n) is 8.02. The maximum atomic E-state index is 10.1. The van der Waals surface area contributed by atoms with E-state index in [0.717, 1.165) is 39.0 Å². The molecular weight excluding hydrogens is 474 g/mol. The molecule has 0 N–H and O–H groups in total. The summed E-state index contributed by atoms with van der Waals surface area (Å²) in [6.07, 6.45) is 0. The first-order valence-electron chi connectivity index (χ1n) is 12.9. The van der Waals surface area contributed by atoms with E-state index in [9.17, 15) is 10.5 Å². The maximum absolute atomic E-state index is 10.1. The van der Waals surface area contributed by atoms with E-state index >= 15 is 0 Å². The minimum Gasteiger partial charge on any atom is -0.309 e. The Morgan fingerprint density at radius 1 is 0.462 bits per heavy atom. The number of rotatable bonds is 2. The van der Waals surface area contributed by atoms with Gasteiger partial charge in [0.15, 0.2) is 0 Å². The Labute approximate surface area is 225 Å². The summed E-state index contributed by atoms with van der Waals surface area (Å²) < 4.78 is 2.36. The van der Waals surface area contributed by atoms with Crippen molar-refractivity contribution in [1.29, 1.82) is 10.5 Å². The van der Waals surface area contributed by atoms with Crippen LogP contribution in [0.2, 0.25) is 0 Å². The van der Waals surface area contributed by atoms with E-state index < -0.39 is 0 Å². The molecule has 0 unspecified atom stereocenters. The first-order valence-corrected chi connectivity index (χ1v) is 12.9. The molecule has 3 heteroatoms. The van der Waals surface area contributed by atoms with Gasteiger partial charge in [-0.3, -0.25) is 0 Å². The Morgan fingerprint density at radius 2 is 1.03 bits per heavy atom. The van der Waals surface area contributed by atoms with E-state index in [-0.39, 0.29) is 0 Å². The molecule has 0 bridgehead atoms. The molecule has 0 aliphatic heterocycles. The van der Waals surface area contributed by atoms with Gasteiger partial charge in [-0.05, 0) is 57.8 Å². The average Bonchev–Trinajstić information content (AvgIpc) is 3.51. The zero-order chi connectivity index (χ0) is 26.1. The minimum atomic E-state index is 0.504. The fourth-order valence-corrected chi connectivity index (χ4v) is 6.51. The first-order chi connectivity index (χ1) is 19.3. The number of aromatic nitrogens is 1. The predicted molar refractivity (Wildman–Crippen MR) is 158 cm³/mol. The maximum Gasteiger partial charge on any atom is 0.0998 e. The van der Waals surface area contributed by atoms with Crippen molar-refractivity contribution in [2.24, 2.45) is 0 Å². The van der Waals surface area contributed by atoms with Gasteiger partial charge in [-0.2, -0.15) is 10.5 Å². The highest BCUT2D eigenvalue weighted by atomic mass is 15.0. The van der Waals surface area contributed by atoms with Crippen molar-refractivity contribution in [3.8, 4) is 51.2 Å². The zero-order valence-electron chi connectivity index (χ0n) is 20.8. The lowest BCUT2D eigenvalue weighted by molar-refractivity contribution is 1.18. The van der Waals surface area contributed by atoms with Gasteiger partial charge in [0.2, 0.25) is 0 Å². The lowest BCUT2D eigenvalue weighted by atomic mass is 9.87. The number of hydrogen-bond donors (Lipinski definition) is 0. The molecule has 0 saturated heterocycles. The number of para-hydroxylation sites is 2. The van der Waals surface area contributed by atoms with E-state index in [2.05, 4.69) is 114 Å². The number of fused-ring (bicyclic) bond motifs is 6. The molecule has 1 aromatic heterocycles. The molecule has 1 aliphatic rings. The SMILES string of the molecule is N#Cc1cccc(C#N)c1-c1ccc(-n2c3ccccc3c3ccccc32)c2c1-c1cccc3cccc-2c13. The fraction of sp³-hybridized carbons (Fsp3) is 0. The molecule has 0 saturated carbocycles. The highest BCUT2D eigenvalue weighted by Gasteiger charge is 2.30. The second-order valence-electron chi connectivity index (χ2n) is 9.91. The molecule has 0 radical (unpaired) electrons. The molecule has 0 atom stereocenters. The topological polar surface area (TPSA) is 52.5 Å². The summed E-state index contributed by atoms with van der Waals surface area (Å²) in [4.78, 5) is 0. The lowest BCUT2D eigenvalue weighted by Gasteiger charge is -2.18. The summed E-state index contributed by atoms with van der Waals surface area (Å²) in [5.41, 5.74) is 10.5. The quantitative estimate of drug-likeness (QED) is 0.241. The predicted octanol–water partition coefficient (Wildman–Crippen LogP) is 8.99. The van der Waals surface area contributed by atoms with Crippen LogP contribution in [0.1, 0.15) is 11.1 Å². The molecule has 1 heterocycles. The van der Waals surface area contributed by atoms with Crippen molar-refractivity contribution in [1.82, 2.24) is 4.57 Å². The number of benzene rings is 6. The van der Waals surface area contributed by atoms with Gasteiger partial charge in [0.25, 0.3) is 0 Å². The van der Waals surface area contributed by atoms with Gasteiger partial charge in [0.1, 0.15) is 0 Å². The molecule has 39 heavy (non-hydrogen) atoms. The van der Waals surface area contributed by atoms with Gasteiger partial charge in [-0.1, -0.05) is 84.9 Å². The van der Waals surface area contributed by atoms with Crippen molar-refractivity contribution in [2.45, 2.75) is 0 Å². The first kappa shape index (κ1) is 21.4. The fourth-order valence-electron chi connectivity index (χ4n) is 6.51. The summed E-state index contributed by atoms with van der Waals surface area (Å²) in [6, 6.07) is 44.2. The largest absolute Gasteiger partial charge is 0.309 e. The van der Waals surface area contributed by atoms with Gasteiger partial charge >= 0.3 is 0 Å². The van der Waals surface area contributed by atoms with Crippen LogP contribution in [0.3, 0.4) is 0 Å². The van der Waals surface area contributed by atoms with Crippen LogP contribution in [0, 0.1) is 22.7 Å². The molecular formula is C36H19N3. The standard InChI is InChI=1S/C36H19N3/c37-20-23-10-5-11-24(21-38)33(23)29-18-19-32(36-28-15-7-9-22-8-6-14-27(34(22)28)35(29)36)39-30-16-3-1-12-25(30)26-13-2-4-17-31(26)39/h1-19H. The van der Waals surface area contributed by atoms with Gasteiger partial charge in [0.05, 0.1) is 40.0 Å². The molecule has 1 aliphatic carbocycles. The van der Waals surface area contributed by atoms with E-state index in [1.165, 1.54) is 27.1 Å². The van der Waals surface area contributed by atoms with Crippen LogP contribution in [0.25, 0.3) is 71.6 Å². The van der Waals surface area contributed by atoms with E-state index in [1.54, 1.807) is 18.2 Å². The van der Waals surface area contributed by atoms with E-state index in [0.29, 0.717) is 16.7 Å². The molecule has 8 rings (SSSR count).